The standard InChI is InChI=1S/C15H20BrFN2O2/c1-14(2,3)21-13(20)19-6-4-15(17,5-7-19)11-8-12(16)10-18-9-11/h8-10H,4-7H2,1-3H3. The van der Waals surface area contributed by atoms with Crippen molar-refractivity contribution in [1.29, 1.82) is 0 Å². The van der Waals surface area contributed by atoms with Crippen molar-refractivity contribution in [2.45, 2.75) is 44.9 Å². The van der Waals surface area contributed by atoms with Gasteiger partial charge in [0.2, 0.25) is 0 Å². The van der Waals surface area contributed by atoms with E-state index < -0.39 is 11.3 Å². The van der Waals surface area contributed by atoms with Crippen LogP contribution in [-0.2, 0) is 10.4 Å². The van der Waals surface area contributed by atoms with E-state index in [1.807, 2.05) is 20.8 Å². The van der Waals surface area contributed by atoms with Crippen molar-refractivity contribution in [3.05, 3.63) is 28.5 Å². The Hall–Kier alpha value is -1.17. The Bertz CT molecular complexity index is 523. The molecular formula is C15H20BrFN2O2. The van der Waals surface area contributed by atoms with Gasteiger partial charge < -0.3 is 9.64 Å². The van der Waals surface area contributed by atoms with E-state index in [9.17, 15) is 4.79 Å². The Morgan fingerprint density at radius 3 is 2.52 bits per heavy atom. The molecule has 0 aromatic carbocycles. The zero-order valence-electron chi connectivity index (χ0n) is 12.5. The van der Waals surface area contributed by atoms with Crippen LogP contribution in [0, 0.1) is 0 Å². The lowest BCUT2D eigenvalue weighted by molar-refractivity contribution is 0.00213. The van der Waals surface area contributed by atoms with E-state index in [0.717, 1.165) is 4.47 Å². The van der Waals surface area contributed by atoms with Crippen LogP contribution in [0.25, 0.3) is 0 Å². The predicted octanol–water partition coefficient (Wildman–Crippen LogP) is 4.04. The molecule has 116 valence electrons. The van der Waals surface area contributed by atoms with Gasteiger partial charge in [0.05, 0.1) is 0 Å². The fourth-order valence-corrected chi connectivity index (χ4v) is 2.68. The lowest BCUT2D eigenvalue weighted by Gasteiger charge is -2.37. The van der Waals surface area contributed by atoms with Gasteiger partial charge in [0.1, 0.15) is 11.3 Å². The van der Waals surface area contributed by atoms with Crippen molar-refractivity contribution < 1.29 is 13.9 Å². The quantitative estimate of drug-likeness (QED) is 0.760. The topological polar surface area (TPSA) is 42.4 Å². The first kappa shape index (κ1) is 16.2. The number of carbonyl (C=O) groups excluding carboxylic acids is 1. The number of amides is 1. The summed E-state index contributed by atoms with van der Waals surface area (Å²) in [5.41, 5.74) is -1.41. The molecule has 0 radical (unpaired) electrons. The number of piperidine rings is 1. The lowest BCUT2D eigenvalue weighted by Crippen LogP contribution is -2.45. The van der Waals surface area contributed by atoms with Crippen LogP contribution in [0.4, 0.5) is 9.18 Å². The molecule has 2 heterocycles. The maximum atomic E-state index is 15.0. The fraction of sp³-hybridized carbons (Fsp3) is 0.600. The first-order valence-electron chi connectivity index (χ1n) is 6.97. The van der Waals surface area contributed by atoms with Gasteiger partial charge in [-0.2, -0.15) is 0 Å². The largest absolute Gasteiger partial charge is 0.444 e. The maximum absolute atomic E-state index is 15.0. The highest BCUT2D eigenvalue weighted by Gasteiger charge is 2.38. The number of likely N-dealkylation sites (tertiary alicyclic amines) is 1. The summed E-state index contributed by atoms with van der Waals surface area (Å²) in [6, 6.07) is 1.75. The predicted molar refractivity (Wildman–Crippen MR) is 81.8 cm³/mol. The van der Waals surface area contributed by atoms with Crippen molar-refractivity contribution in [2.24, 2.45) is 0 Å². The maximum Gasteiger partial charge on any atom is 0.410 e. The molecule has 1 aromatic heterocycles. The minimum atomic E-state index is -1.44. The van der Waals surface area contributed by atoms with E-state index in [2.05, 4.69) is 20.9 Å². The number of hydrogen-bond donors (Lipinski definition) is 0. The zero-order valence-corrected chi connectivity index (χ0v) is 14.1. The molecule has 1 aromatic rings. The second-order valence-corrected chi connectivity index (χ2v) is 7.24. The molecular weight excluding hydrogens is 339 g/mol. The first-order valence-corrected chi connectivity index (χ1v) is 7.77. The van der Waals surface area contributed by atoms with Crippen molar-refractivity contribution in [2.75, 3.05) is 13.1 Å². The van der Waals surface area contributed by atoms with Gasteiger partial charge in [0, 0.05) is 48.4 Å². The van der Waals surface area contributed by atoms with Crippen LogP contribution >= 0.6 is 15.9 Å². The third-order valence-corrected chi connectivity index (χ3v) is 3.86. The third-order valence-electron chi connectivity index (χ3n) is 3.43. The highest BCUT2D eigenvalue weighted by Crippen LogP contribution is 2.37. The Morgan fingerprint density at radius 1 is 1.38 bits per heavy atom. The number of ether oxygens (including phenoxy) is 1. The molecule has 1 aliphatic rings. The SMILES string of the molecule is CC(C)(C)OC(=O)N1CCC(F)(c2cncc(Br)c2)CC1. The number of nitrogens with zero attached hydrogens (tertiary/aromatic N) is 2. The number of carbonyl (C=O) groups is 1. The van der Waals surface area contributed by atoms with E-state index >= 15 is 4.39 Å². The third kappa shape index (κ3) is 4.15. The molecule has 0 N–H and O–H groups in total. The molecule has 1 aliphatic heterocycles. The Labute approximate surface area is 132 Å². The minimum absolute atomic E-state index is 0.254. The van der Waals surface area contributed by atoms with Crippen molar-refractivity contribution in [3.63, 3.8) is 0 Å². The molecule has 0 bridgehead atoms. The monoisotopic (exact) mass is 358 g/mol. The molecule has 0 atom stereocenters. The molecule has 2 rings (SSSR count). The molecule has 0 unspecified atom stereocenters. The van der Waals surface area contributed by atoms with Crippen LogP contribution in [0.1, 0.15) is 39.2 Å². The van der Waals surface area contributed by atoms with Gasteiger partial charge in [-0.05, 0) is 42.8 Å². The highest BCUT2D eigenvalue weighted by atomic mass is 79.9. The Kier molecular flexibility index (Phi) is 4.56. The highest BCUT2D eigenvalue weighted by molar-refractivity contribution is 9.10. The van der Waals surface area contributed by atoms with Gasteiger partial charge in [0.15, 0.2) is 0 Å². The van der Waals surface area contributed by atoms with Gasteiger partial charge in [-0.1, -0.05) is 0 Å². The summed E-state index contributed by atoms with van der Waals surface area (Å²) in [7, 11) is 0. The second-order valence-electron chi connectivity index (χ2n) is 6.32. The van der Waals surface area contributed by atoms with Crippen LogP contribution in [0.5, 0.6) is 0 Å². The molecule has 6 heteroatoms. The van der Waals surface area contributed by atoms with Crippen molar-refractivity contribution in [1.82, 2.24) is 9.88 Å². The normalized spacial score (nSPS) is 18.4. The summed E-state index contributed by atoms with van der Waals surface area (Å²) in [5.74, 6) is 0. The van der Waals surface area contributed by atoms with Crippen LogP contribution in [-0.4, -0.2) is 34.7 Å². The number of aromatic nitrogens is 1. The van der Waals surface area contributed by atoms with Crippen LogP contribution < -0.4 is 0 Å². The first-order chi connectivity index (χ1) is 9.70. The smallest absolute Gasteiger partial charge is 0.410 e. The average molecular weight is 359 g/mol. The lowest BCUT2D eigenvalue weighted by atomic mass is 9.87. The molecule has 1 amide bonds. The zero-order chi connectivity index (χ0) is 15.7. The van der Waals surface area contributed by atoms with Crippen LogP contribution in [0.3, 0.4) is 0 Å². The summed E-state index contributed by atoms with van der Waals surface area (Å²) in [6.45, 7) is 6.15. The van der Waals surface area contributed by atoms with Gasteiger partial charge in [-0.25, -0.2) is 9.18 Å². The number of rotatable bonds is 1. The Morgan fingerprint density at radius 2 is 2.00 bits per heavy atom. The molecule has 1 fully saturated rings. The molecule has 21 heavy (non-hydrogen) atoms. The van der Waals surface area contributed by atoms with Gasteiger partial charge in [0.25, 0.3) is 0 Å². The number of halogens is 2. The summed E-state index contributed by atoms with van der Waals surface area (Å²) < 4.78 is 21.1. The Balaban J connectivity index is 2.01. The van der Waals surface area contributed by atoms with E-state index in [4.69, 9.17) is 4.74 Å². The second kappa shape index (κ2) is 5.91. The van der Waals surface area contributed by atoms with Crippen LogP contribution in [0.2, 0.25) is 0 Å². The fourth-order valence-electron chi connectivity index (χ4n) is 2.32. The van der Waals surface area contributed by atoms with Crippen molar-refractivity contribution in [3.8, 4) is 0 Å². The number of alkyl halides is 1. The summed E-state index contributed by atoms with van der Waals surface area (Å²) in [6.07, 6.45) is 3.31. The summed E-state index contributed by atoms with van der Waals surface area (Å²) in [4.78, 5) is 17.6. The van der Waals surface area contributed by atoms with Gasteiger partial charge >= 0.3 is 6.09 Å². The molecule has 0 aliphatic carbocycles. The van der Waals surface area contributed by atoms with E-state index in [-0.39, 0.29) is 18.9 Å². The van der Waals surface area contributed by atoms with Gasteiger partial charge in [-0.15, -0.1) is 0 Å². The molecule has 0 spiro atoms. The van der Waals surface area contributed by atoms with E-state index in [1.54, 1.807) is 23.4 Å². The average Bonchev–Trinajstić information content (AvgIpc) is 2.37. The molecule has 1 saturated heterocycles. The van der Waals surface area contributed by atoms with E-state index in [1.165, 1.54) is 0 Å². The summed E-state index contributed by atoms with van der Waals surface area (Å²) >= 11 is 3.31. The number of pyridine rings is 1. The molecule has 4 nitrogen and oxygen atoms in total. The van der Waals surface area contributed by atoms with Gasteiger partial charge in [-0.3, -0.25) is 4.98 Å². The van der Waals surface area contributed by atoms with E-state index in [0.29, 0.717) is 18.7 Å². The minimum Gasteiger partial charge on any atom is -0.444 e. The summed E-state index contributed by atoms with van der Waals surface area (Å²) in [5, 5.41) is 0. The molecule has 0 saturated carbocycles. The van der Waals surface area contributed by atoms with Crippen LogP contribution in [0.15, 0.2) is 22.9 Å². The number of hydrogen-bond acceptors (Lipinski definition) is 3. The van der Waals surface area contributed by atoms with Crippen molar-refractivity contribution >= 4 is 22.0 Å².